The first-order chi connectivity index (χ1) is 13.6. The number of aliphatic hydroxyl groups is 1. The molecule has 146 valence electrons. The van der Waals surface area contributed by atoms with E-state index in [-0.39, 0.29) is 36.9 Å². The van der Waals surface area contributed by atoms with Crippen molar-refractivity contribution in [1.29, 1.82) is 0 Å². The Morgan fingerprint density at radius 1 is 1.14 bits per heavy atom. The lowest BCUT2D eigenvalue weighted by molar-refractivity contribution is -0.136. The van der Waals surface area contributed by atoms with Gasteiger partial charge in [0.25, 0.3) is 5.91 Å². The molecule has 7 nitrogen and oxygen atoms in total. The third-order valence-corrected chi connectivity index (χ3v) is 4.63. The fourth-order valence-electron chi connectivity index (χ4n) is 3.09. The SMILES string of the molecule is COC(=O)C1=C(Nc2ccc(CCc3ccncc3)cc2)C(=O)N(CCO)C1. The van der Waals surface area contributed by atoms with E-state index in [0.29, 0.717) is 5.69 Å². The molecule has 0 spiro atoms. The highest BCUT2D eigenvalue weighted by molar-refractivity contribution is 6.08. The van der Waals surface area contributed by atoms with E-state index in [0.717, 1.165) is 12.8 Å². The fourth-order valence-corrected chi connectivity index (χ4v) is 3.09. The maximum Gasteiger partial charge on any atom is 0.337 e. The van der Waals surface area contributed by atoms with E-state index >= 15 is 0 Å². The summed E-state index contributed by atoms with van der Waals surface area (Å²) in [6.07, 6.45) is 5.38. The Morgan fingerprint density at radius 2 is 1.79 bits per heavy atom. The van der Waals surface area contributed by atoms with Crippen molar-refractivity contribution >= 4 is 17.6 Å². The van der Waals surface area contributed by atoms with Crippen LogP contribution in [0.5, 0.6) is 0 Å². The number of hydrogen-bond donors (Lipinski definition) is 2. The van der Waals surface area contributed by atoms with E-state index in [1.807, 2.05) is 36.4 Å². The fraction of sp³-hybridized carbons (Fsp3) is 0.286. The van der Waals surface area contributed by atoms with Crippen molar-refractivity contribution in [2.24, 2.45) is 0 Å². The van der Waals surface area contributed by atoms with Gasteiger partial charge in [-0.3, -0.25) is 9.78 Å². The van der Waals surface area contributed by atoms with Gasteiger partial charge in [0.05, 0.1) is 25.8 Å². The van der Waals surface area contributed by atoms with Crippen LogP contribution < -0.4 is 5.32 Å². The topological polar surface area (TPSA) is 91.8 Å². The third-order valence-electron chi connectivity index (χ3n) is 4.63. The molecule has 0 saturated carbocycles. The van der Waals surface area contributed by atoms with Gasteiger partial charge in [0.2, 0.25) is 0 Å². The van der Waals surface area contributed by atoms with Crippen LogP contribution in [-0.2, 0) is 27.2 Å². The van der Waals surface area contributed by atoms with Gasteiger partial charge in [-0.25, -0.2) is 4.79 Å². The highest BCUT2D eigenvalue weighted by Crippen LogP contribution is 2.23. The predicted molar refractivity (Wildman–Crippen MR) is 104 cm³/mol. The van der Waals surface area contributed by atoms with Gasteiger partial charge in [-0.05, 0) is 48.2 Å². The van der Waals surface area contributed by atoms with Crippen LogP contribution in [0.1, 0.15) is 11.1 Å². The summed E-state index contributed by atoms with van der Waals surface area (Å²) in [7, 11) is 1.28. The van der Waals surface area contributed by atoms with E-state index < -0.39 is 5.97 Å². The van der Waals surface area contributed by atoms with Gasteiger partial charge >= 0.3 is 5.97 Å². The molecule has 2 aromatic rings. The second kappa shape index (κ2) is 9.14. The number of aromatic nitrogens is 1. The number of nitrogens with one attached hydrogen (secondary N) is 1. The van der Waals surface area contributed by atoms with E-state index in [9.17, 15) is 9.59 Å². The number of carbonyl (C=O) groups excluding carboxylic acids is 2. The molecule has 1 amide bonds. The minimum atomic E-state index is -0.551. The van der Waals surface area contributed by atoms with E-state index in [1.54, 1.807) is 12.4 Å². The standard InChI is InChI=1S/C21H23N3O4/c1-28-21(27)18-14-24(12-13-25)20(26)19(18)23-17-6-4-15(5-7-17)2-3-16-8-10-22-11-9-16/h4-11,23,25H,2-3,12-14H2,1H3. The van der Waals surface area contributed by atoms with Crippen molar-refractivity contribution in [2.75, 3.05) is 32.1 Å². The number of aryl methyl sites for hydroxylation is 2. The number of amides is 1. The zero-order chi connectivity index (χ0) is 19.9. The first kappa shape index (κ1) is 19.6. The molecule has 0 aliphatic carbocycles. The summed E-state index contributed by atoms with van der Waals surface area (Å²) in [5.74, 6) is -0.874. The maximum absolute atomic E-state index is 12.5. The lowest BCUT2D eigenvalue weighted by Crippen LogP contribution is -2.31. The van der Waals surface area contributed by atoms with Crippen molar-refractivity contribution < 1.29 is 19.4 Å². The number of β-amino-alcohol motifs (C(OH)–C–C–N with tert-alkyl or cyclic N) is 1. The van der Waals surface area contributed by atoms with Crippen LogP contribution in [0.2, 0.25) is 0 Å². The van der Waals surface area contributed by atoms with Crippen molar-refractivity contribution in [2.45, 2.75) is 12.8 Å². The summed E-state index contributed by atoms with van der Waals surface area (Å²) in [6.45, 7) is 0.122. The number of anilines is 1. The number of aliphatic hydroxyl groups excluding tert-OH is 1. The zero-order valence-corrected chi connectivity index (χ0v) is 15.7. The normalized spacial score (nSPS) is 13.8. The van der Waals surface area contributed by atoms with Crippen LogP contribution in [0.3, 0.4) is 0 Å². The molecule has 0 fully saturated rings. The molecular formula is C21H23N3O4. The molecule has 3 rings (SSSR count). The monoisotopic (exact) mass is 381 g/mol. The third kappa shape index (κ3) is 4.55. The molecule has 28 heavy (non-hydrogen) atoms. The summed E-state index contributed by atoms with van der Waals surface area (Å²) in [6, 6.07) is 11.7. The number of carbonyl (C=O) groups is 2. The van der Waals surface area contributed by atoms with Crippen molar-refractivity contribution in [3.63, 3.8) is 0 Å². The van der Waals surface area contributed by atoms with Crippen LogP contribution in [-0.4, -0.2) is 53.7 Å². The molecule has 1 aliphatic rings. The second-order valence-corrected chi connectivity index (χ2v) is 6.47. The number of benzene rings is 1. The predicted octanol–water partition coefficient (Wildman–Crippen LogP) is 1.54. The number of methoxy groups -OCH3 is 1. The Balaban J connectivity index is 1.69. The lowest BCUT2D eigenvalue weighted by atomic mass is 10.1. The minimum absolute atomic E-state index is 0.123. The summed E-state index contributed by atoms with van der Waals surface area (Å²) >= 11 is 0. The van der Waals surface area contributed by atoms with Gasteiger partial charge in [0.1, 0.15) is 5.70 Å². The zero-order valence-electron chi connectivity index (χ0n) is 15.7. The van der Waals surface area contributed by atoms with Gasteiger partial charge in [-0.15, -0.1) is 0 Å². The van der Waals surface area contributed by atoms with Gasteiger partial charge in [-0.2, -0.15) is 0 Å². The first-order valence-corrected chi connectivity index (χ1v) is 9.09. The first-order valence-electron chi connectivity index (χ1n) is 9.09. The molecule has 0 unspecified atom stereocenters. The summed E-state index contributed by atoms with van der Waals surface area (Å²) in [4.78, 5) is 30.0. The van der Waals surface area contributed by atoms with Crippen LogP contribution in [0.4, 0.5) is 5.69 Å². The Bertz CT molecular complexity index is 863. The molecule has 1 aliphatic heterocycles. The van der Waals surface area contributed by atoms with Gasteiger partial charge in [-0.1, -0.05) is 12.1 Å². The smallest absolute Gasteiger partial charge is 0.337 e. The van der Waals surface area contributed by atoms with Gasteiger partial charge < -0.3 is 20.1 Å². The second-order valence-electron chi connectivity index (χ2n) is 6.47. The molecule has 0 bridgehead atoms. The van der Waals surface area contributed by atoms with Crippen LogP contribution >= 0.6 is 0 Å². The Hall–Kier alpha value is -3.19. The van der Waals surface area contributed by atoms with Crippen LogP contribution in [0.15, 0.2) is 60.1 Å². The highest BCUT2D eigenvalue weighted by Gasteiger charge is 2.34. The number of esters is 1. The number of nitrogens with zero attached hydrogens (tertiary/aromatic N) is 2. The molecule has 0 radical (unpaired) electrons. The van der Waals surface area contributed by atoms with Crippen molar-refractivity contribution in [3.8, 4) is 0 Å². The summed E-state index contributed by atoms with van der Waals surface area (Å²) < 4.78 is 4.79. The molecule has 1 aromatic heterocycles. The summed E-state index contributed by atoms with van der Waals surface area (Å²) in [5.41, 5.74) is 3.57. The Kier molecular flexibility index (Phi) is 6.39. The average molecular weight is 381 g/mol. The maximum atomic E-state index is 12.5. The molecule has 2 heterocycles. The molecular weight excluding hydrogens is 358 g/mol. The van der Waals surface area contributed by atoms with Crippen LogP contribution in [0, 0.1) is 0 Å². The number of rotatable bonds is 8. The number of pyridine rings is 1. The number of ether oxygens (including phenoxy) is 1. The summed E-state index contributed by atoms with van der Waals surface area (Å²) in [5, 5.41) is 12.2. The lowest BCUT2D eigenvalue weighted by Gasteiger charge is -2.15. The average Bonchev–Trinajstić information content (AvgIpc) is 3.03. The Morgan fingerprint density at radius 3 is 2.39 bits per heavy atom. The van der Waals surface area contributed by atoms with Crippen molar-refractivity contribution in [3.05, 3.63) is 71.2 Å². The molecule has 0 saturated heterocycles. The number of hydrogen-bond acceptors (Lipinski definition) is 6. The Labute approximate surface area is 163 Å². The molecule has 1 aromatic carbocycles. The van der Waals surface area contributed by atoms with Gasteiger partial charge in [0, 0.05) is 24.6 Å². The van der Waals surface area contributed by atoms with E-state index in [2.05, 4.69) is 10.3 Å². The van der Waals surface area contributed by atoms with Gasteiger partial charge in [0.15, 0.2) is 0 Å². The quantitative estimate of drug-likeness (QED) is 0.674. The molecule has 2 N–H and O–H groups in total. The van der Waals surface area contributed by atoms with E-state index in [1.165, 1.54) is 23.1 Å². The van der Waals surface area contributed by atoms with E-state index in [4.69, 9.17) is 9.84 Å². The highest BCUT2D eigenvalue weighted by atomic mass is 16.5. The van der Waals surface area contributed by atoms with Crippen molar-refractivity contribution in [1.82, 2.24) is 9.88 Å². The van der Waals surface area contributed by atoms with Crippen LogP contribution in [0.25, 0.3) is 0 Å². The molecule has 7 heteroatoms. The minimum Gasteiger partial charge on any atom is -0.466 e. The largest absolute Gasteiger partial charge is 0.466 e. The molecule has 0 atom stereocenters.